The molecule has 0 aliphatic heterocycles. The number of hydrogen-bond acceptors (Lipinski definition) is 10. The quantitative estimate of drug-likeness (QED) is 0.142. The van der Waals surface area contributed by atoms with Crippen LogP contribution in [-0.2, 0) is 11.2 Å². The molecule has 3 aromatic carbocycles. The molecule has 0 bridgehead atoms. The molecule has 1 aromatic heterocycles. The number of nitrogens with one attached hydrogen (secondary N) is 2. The van der Waals surface area contributed by atoms with Gasteiger partial charge in [0.1, 0.15) is 18.2 Å². The Labute approximate surface area is 234 Å². The van der Waals surface area contributed by atoms with Crippen molar-refractivity contribution in [3.63, 3.8) is 0 Å². The van der Waals surface area contributed by atoms with Crippen molar-refractivity contribution in [1.82, 2.24) is 15.6 Å². The zero-order valence-corrected chi connectivity index (χ0v) is 22.6. The second kappa shape index (κ2) is 14.3. The van der Waals surface area contributed by atoms with Crippen LogP contribution in [0.15, 0.2) is 77.9 Å². The van der Waals surface area contributed by atoms with Crippen LogP contribution in [0.2, 0.25) is 0 Å². The van der Waals surface area contributed by atoms with Crippen molar-refractivity contribution in [3.05, 3.63) is 88.9 Å². The average molecular weight is 562 g/mol. The van der Waals surface area contributed by atoms with Crippen molar-refractivity contribution in [3.8, 4) is 23.0 Å². The summed E-state index contributed by atoms with van der Waals surface area (Å²) in [6.07, 6.45) is 1.45. The number of hydrogen-bond donors (Lipinski definition) is 2. The number of amides is 2. The summed E-state index contributed by atoms with van der Waals surface area (Å²) in [5.41, 5.74) is 3.65. The summed E-state index contributed by atoms with van der Waals surface area (Å²) in [5.74, 6) is 1.65. The second-order valence-electron chi connectivity index (χ2n) is 8.05. The molecule has 206 valence electrons. The molecule has 2 amide bonds. The molecule has 0 aliphatic rings. The van der Waals surface area contributed by atoms with Gasteiger partial charge in [-0.15, -0.1) is 10.2 Å². The van der Waals surface area contributed by atoms with Gasteiger partial charge >= 0.3 is 0 Å². The van der Waals surface area contributed by atoms with Gasteiger partial charge in [0, 0.05) is 5.56 Å². The molecule has 0 saturated carbocycles. The second-order valence-corrected chi connectivity index (χ2v) is 9.11. The summed E-state index contributed by atoms with van der Waals surface area (Å²) < 4.78 is 22.2. The molecule has 0 saturated heterocycles. The molecule has 11 nitrogen and oxygen atoms in total. The summed E-state index contributed by atoms with van der Waals surface area (Å²) in [7, 11) is 3.12. The third-order valence-corrected chi connectivity index (χ3v) is 6.13. The SMILES string of the molecule is COc1ccccc1OCCOc1ccc(C=NNC(=O)Cc2nnc(NC(=O)c3ccccc3)s2)cc1OC. The molecule has 1 heterocycles. The third-order valence-electron chi connectivity index (χ3n) is 5.29. The van der Waals surface area contributed by atoms with E-state index in [0.717, 1.165) is 11.3 Å². The number of hydrazone groups is 1. The van der Waals surface area contributed by atoms with Crippen LogP contribution in [0, 0.1) is 0 Å². The Morgan fingerprint density at radius 1 is 0.850 bits per heavy atom. The topological polar surface area (TPSA) is 133 Å². The normalized spacial score (nSPS) is 10.7. The minimum atomic E-state index is -0.379. The summed E-state index contributed by atoms with van der Waals surface area (Å²) in [6.45, 7) is 0.607. The van der Waals surface area contributed by atoms with Gasteiger partial charge in [0.25, 0.3) is 5.91 Å². The van der Waals surface area contributed by atoms with Crippen molar-refractivity contribution in [2.45, 2.75) is 6.42 Å². The van der Waals surface area contributed by atoms with Crippen LogP contribution in [0.5, 0.6) is 23.0 Å². The van der Waals surface area contributed by atoms with Crippen LogP contribution in [0.3, 0.4) is 0 Å². The standard InChI is InChI=1S/C28H27N5O6S/c1-36-21-10-6-7-11-22(21)38-14-15-39-23-13-12-19(16-24(23)37-2)18-29-31-25(34)17-26-32-33-28(40-26)30-27(35)20-8-4-3-5-9-20/h3-13,16,18H,14-15,17H2,1-2H3,(H,31,34)(H,30,33,35). The van der Waals surface area contributed by atoms with E-state index in [9.17, 15) is 9.59 Å². The lowest BCUT2D eigenvalue weighted by molar-refractivity contribution is -0.120. The van der Waals surface area contributed by atoms with E-state index in [4.69, 9.17) is 18.9 Å². The van der Waals surface area contributed by atoms with Gasteiger partial charge in [-0.05, 0) is 48.0 Å². The highest BCUT2D eigenvalue weighted by Crippen LogP contribution is 2.28. The molecule has 12 heteroatoms. The van der Waals surface area contributed by atoms with Gasteiger partial charge in [0.2, 0.25) is 11.0 Å². The van der Waals surface area contributed by atoms with E-state index in [-0.39, 0.29) is 18.2 Å². The number of anilines is 1. The Balaban J connectivity index is 1.23. The molecular formula is C28H27N5O6S. The number of carbonyl (C=O) groups excluding carboxylic acids is 2. The molecule has 0 fully saturated rings. The molecule has 4 aromatic rings. The lowest BCUT2D eigenvalue weighted by Crippen LogP contribution is -2.19. The fraction of sp³-hybridized carbons (Fsp3) is 0.179. The van der Waals surface area contributed by atoms with Gasteiger partial charge in [-0.1, -0.05) is 41.7 Å². The van der Waals surface area contributed by atoms with Crippen LogP contribution in [0.4, 0.5) is 5.13 Å². The van der Waals surface area contributed by atoms with Gasteiger partial charge in [-0.25, -0.2) is 5.43 Å². The van der Waals surface area contributed by atoms with Crippen LogP contribution in [0.1, 0.15) is 20.9 Å². The van der Waals surface area contributed by atoms with Gasteiger partial charge in [0.05, 0.1) is 26.9 Å². The number of benzene rings is 3. The molecular weight excluding hydrogens is 534 g/mol. The Bertz CT molecular complexity index is 1460. The van der Waals surface area contributed by atoms with Crippen molar-refractivity contribution in [2.75, 3.05) is 32.8 Å². The maximum absolute atomic E-state index is 12.3. The fourth-order valence-corrected chi connectivity index (χ4v) is 4.15. The molecule has 0 unspecified atom stereocenters. The van der Waals surface area contributed by atoms with Crippen molar-refractivity contribution in [1.29, 1.82) is 0 Å². The summed E-state index contributed by atoms with van der Waals surface area (Å²) >= 11 is 1.12. The molecule has 0 aliphatic carbocycles. The van der Waals surface area contributed by atoms with Crippen LogP contribution in [0.25, 0.3) is 0 Å². The lowest BCUT2D eigenvalue weighted by atomic mass is 10.2. The van der Waals surface area contributed by atoms with E-state index in [1.807, 2.05) is 30.3 Å². The number of nitrogens with zero attached hydrogens (tertiary/aromatic N) is 3. The van der Waals surface area contributed by atoms with Crippen molar-refractivity contribution < 1.29 is 28.5 Å². The molecule has 2 N–H and O–H groups in total. The Morgan fingerprint density at radius 2 is 1.52 bits per heavy atom. The first-order valence-electron chi connectivity index (χ1n) is 12.1. The van der Waals surface area contributed by atoms with E-state index in [2.05, 4.69) is 26.0 Å². The maximum Gasteiger partial charge on any atom is 0.257 e. The van der Waals surface area contributed by atoms with Crippen LogP contribution < -0.4 is 29.7 Å². The summed E-state index contributed by atoms with van der Waals surface area (Å²) in [6, 6.07) is 21.4. The van der Waals surface area contributed by atoms with Gasteiger partial charge in [0.15, 0.2) is 23.0 Å². The average Bonchev–Trinajstić information content (AvgIpc) is 3.42. The lowest BCUT2D eigenvalue weighted by Gasteiger charge is -2.13. The summed E-state index contributed by atoms with van der Waals surface area (Å²) in [4.78, 5) is 24.5. The first-order chi connectivity index (χ1) is 19.6. The molecule has 0 radical (unpaired) electrons. The first kappa shape index (κ1) is 28.0. The highest BCUT2D eigenvalue weighted by atomic mass is 32.1. The van der Waals surface area contributed by atoms with E-state index < -0.39 is 0 Å². The molecule has 0 spiro atoms. The highest BCUT2D eigenvalue weighted by Gasteiger charge is 2.12. The van der Waals surface area contributed by atoms with E-state index in [0.29, 0.717) is 57.5 Å². The number of ether oxygens (including phenoxy) is 4. The predicted octanol–water partition coefficient (Wildman–Crippen LogP) is 3.96. The Kier molecular flexibility index (Phi) is 10.00. The number of aromatic nitrogens is 2. The van der Waals surface area contributed by atoms with E-state index in [1.54, 1.807) is 49.6 Å². The minimum Gasteiger partial charge on any atom is -0.493 e. The largest absolute Gasteiger partial charge is 0.493 e. The fourth-order valence-electron chi connectivity index (χ4n) is 3.42. The number of methoxy groups -OCH3 is 2. The van der Waals surface area contributed by atoms with Crippen molar-refractivity contribution >= 4 is 34.5 Å². The molecule has 40 heavy (non-hydrogen) atoms. The zero-order valence-electron chi connectivity index (χ0n) is 21.8. The van der Waals surface area contributed by atoms with Gasteiger partial charge in [-0.2, -0.15) is 5.10 Å². The van der Waals surface area contributed by atoms with Crippen LogP contribution in [-0.4, -0.2) is 55.7 Å². The first-order valence-corrected chi connectivity index (χ1v) is 12.9. The minimum absolute atomic E-state index is 0.0385. The Hall–Kier alpha value is -4.97. The number of carbonyl (C=O) groups is 2. The van der Waals surface area contributed by atoms with E-state index >= 15 is 0 Å². The Morgan fingerprint density at radius 3 is 2.25 bits per heavy atom. The number of para-hydroxylation sites is 2. The smallest absolute Gasteiger partial charge is 0.257 e. The molecule has 4 rings (SSSR count). The predicted molar refractivity (Wildman–Crippen MR) is 151 cm³/mol. The van der Waals surface area contributed by atoms with Crippen LogP contribution >= 0.6 is 11.3 Å². The molecule has 0 atom stereocenters. The van der Waals surface area contributed by atoms with Gasteiger partial charge in [-0.3, -0.25) is 14.9 Å². The maximum atomic E-state index is 12.3. The highest BCUT2D eigenvalue weighted by molar-refractivity contribution is 7.15. The third kappa shape index (κ3) is 8.01. The number of rotatable bonds is 13. The monoisotopic (exact) mass is 561 g/mol. The van der Waals surface area contributed by atoms with Gasteiger partial charge < -0.3 is 18.9 Å². The summed E-state index contributed by atoms with van der Waals surface area (Å²) in [5, 5.41) is 15.3. The van der Waals surface area contributed by atoms with E-state index in [1.165, 1.54) is 13.3 Å². The zero-order chi connectivity index (χ0) is 28.2. The van der Waals surface area contributed by atoms with Crippen molar-refractivity contribution in [2.24, 2.45) is 5.10 Å².